The van der Waals surface area contributed by atoms with Crippen LogP contribution in [0.5, 0.6) is 0 Å². The molecule has 0 aliphatic heterocycles. The number of halogens is 3. The second-order valence-corrected chi connectivity index (χ2v) is 8.90. The van der Waals surface area contributed by atoms with Crippen LogP contribution < -0.4 is 11.1 Å². The van der Waals surface area contributed by atoms with Crippen molar-refractivity contribution in [3.8, 4) is 0 Å². The molecular formula is C18H17F3N4O3S. The monoisotopic (exact) mass is 426 g/mol. The van der Waals surface area contributed by atoms with Crippen LogP contribution in [-0.4, -0.2) is 28.5 Å². The highest BCUT2D eigenvalue weighted by molar-refractivity contribution is 7.90. The molecule has 1 amide bonds. The summed E-state index contributed by atoms with van der Waals surface area (Å²) in [5.74, 6) is -1.00. The fourth-order valence-corrected chi connectivity index (χ4v) is 3.81. The van der Waals surface area contributed by atoms with Gasteiger partial charge in [0.15, 0.2) is 0 Å². The van der Waals surface area contributed by atoms with Gasteiger partial charge in [0.2, 0.25) is 16.0 Å². The second kappa shape index (κ2) is 7.07. The van der Waals surface area contributed by atoms with Gasteiger partial charge in [-0.1, -0.05) is 6.07 Å². The Morgan fingerprint density at radius 3 is 2.48 bits per heavy atom. The highest BCUT2D eigenvalue weighted by Gasteiger charge is 2.31. The molecule has 0 atom stereocenters. The maximum Gasteiger partial charge on any atom is 0.416 e. The maximum atomic E-state index is 12.8. The van der Waals surface area contributed by atoms with Gasteiger partial charge in [0, 0.05) is 11.3 Å². The summed E-state index contributed by atoms with van der Waals surface area (Å²) in [5.41, 5.74) is 5.24. The van der Waals surface area contributed by atoms with Gasteiger partial charge >= 0.3 is 6.18 Å². The van der Waals surface area contributed by atoms with Gasteiger partial charge in [-0.15, -0.1) is 0 Å². The van der Waals surface area contributed by atoms with Crippen molar-refractivity contribution in [3.05, 3.63) is 53.6 Å². The lowest BCUT2D eigenvalue weighted by Crippen LogP contribution is -2.23. The molecule has 3 aromatic rings. The van der Waals surface area contributed by atoms with Crippen LogP contribution in [-0.2, 0) is 16.2 Å². The number of hydrogen-bond donors (Lipinski definition) is 2. The number of fused-ring (bicyclic) bond motifs is 1. The highest BCUT2D eigenvalue weighted by Crippen LogP contribution is 2.30. The lowest BCUT2D eigenvalue weighted by Gasteiger charge is -2.12. The summed E-state index contributed by atoms with van der Waals surface area (Å²) >= 11 is 0. The third kappa shape index (κ3) is 3.90. The van der Waals surface area contributed by atoms with E-state index in [1.165, 1.54) is 38.1 Å². The predicted octanol–water partition coefficient (Wildman–Crippen LogP) is 3.48. The van der Waals surface area contributed by atoms with Crippen molar-refractivity contribution in [2.24, 2.45) is 0 Å². The zero-order chi connectivity index (χ0) is 21.6. The minimum atomic E-state index is -4.58. The zero-order valence-corrected chi connectivity index (χ0v) is 16.2. The Bertz CT molecular complexity index is 1200. The van der Waals surface area contributed by atoms with Crippen LogP contribution in [0.1, 0.15) is 29.8 Å². The molecule has 0 saturated carbocycles. The quantitative estimate of drug-likeness (QED) is 0.664. The van der Waals surface area contributed by atoms with Crippen molar-refractivity contribution >= 4 is 38.6 Å². The largest absolute Gasteiger partial charge is 0.416 e. The molecule has 0 fully saturated rings. The minimum Gasteiger partial charge on any atom is -0.368 e. The lowest BCUT2D eigenvalue weighted by molar-refractivity contribution is -0.137. The fourth-order valence-electron chi connectivity index (χ4n) is 2.67. The van der Waals surface area contributed by atoms with Crippen LogP contribution in [0, 0.1) is 0 Å². The summed E-state index contributed by atoms with van der Waals surface area (Å²) in [7, 11) is -3.82. The number of hydrogen-bond acceptors (Lipinski definition) is 5. The third-order valence-electron chi connectivity index (χ3n) is 4.20. The molecule has 0 spiro atoms. The first-order valence-electron chi connectivity index (χ1n) is 8.42. The van der Waals surface area contributed by atoms with Crippen LogP contribution in [0.2, 0.25) is 0 Å². The van der Waals surface area contributed by atoms with Gasteiger partial charge in [-0.3, -0.25) is 4.79 Å². The van der Waals surface area contributed by atoms with Crippen molar-refractivity contribution < 1.29 is 26.4 Å². The van der Waals surface area contributed by atoms with E-state index in [-0.39, 0.29) is 22.7 Å². The Hall–Kier alpha value is -3.08. The summed E-state index contributed by atoms with van der Waals surface area (Å²) in [6.07, 6.45) is -4.58. The molecular weight excluding hydrogens is 409 g/mol. The number of benzene rings is 2. The number of alkyl halides is 3. The van der Waals surface area contributed by atoms with Crippen molar-refractivity contribution in [2.75, 3.05) is 11.1 Å². The van der Waals surface area contributed by atoms with Gasteiger partial charge < -0.3 is 11.1 Å². The Kier molecular flexibility index (Phi) is 5.03. The van der Waals surface area contributed by atoms with E-state index >= 15 is 0 Å². The van der Waals surface area contributed by atoms with E-state index in [1.807, 2.05) is 0 Å². The number of nitrogens with zero attached hydrogens (tertiary/aromatic N) is 2. The Labute approximate surface area is 164 Å². The van der Waals surface area contributed by atoms with Crippen LogP contribution >= 0.6 is 0 Å². The number of nitrogen functional groups attached to an aromatic ring is 1. The van der Waals surface area contributed by atoms with Crippen molar-refractivity contribution in [2.45, 2.75) is 25.3 Å². The average molecular weight is 426 g/mol. The first kappa shape index (κ1) is 20.6. The molecule has 1 aromatic heterocycles. The van der Waals surface area contributed by atoms with Gasteiger partial charge in [0.05, 0.1) is 21.8 Å². The summed E-state index contributed by atoms with van der Waals surface area (Å²) in [5, 5.41) is 1.69. The van der Waals surface area contributed by atoms with Crippen molar-refractivity contribution in [3.63, 3.8) is 0 Å². The lowest BCUT2D eigenvalue weighted by atomic mass is 10.1. The number of carbonyl (C=O) groups is 1. The number of aromatic nitrogens is 2. The van der Waals surface area contributed by atoms with E-state index in [1.54, 1.807) is 0 Å². The smallest absolute Gasteiger partial charge is 0.368 e. The number of anilines is 2. The molecule has 29 heavy (non-hydrogen) atoms. The first-order valence-corrected chi connectivity index (χ1v) is 9.92. The summed E-state index contributed by atoms with van der Waals surface area (Å²) in [6.45, 7) is 2.97. The van der Waals surface area contributed by atoms with Crippen LogP contribution in [0.15, 0.2) is 42.5 Å². The number of carbonyl (C=O) groups excluding carboxylic acids is 1. The van der Waals surface area contributed by atoms with Crippen molar-refractivity contribution in [1.29, 1.82) is 0 Å². The summed E-state index contributed by atoms with van der Waals surface area (Å²) < 4.78 is 64.5. The van der Waals surface area contributed by atoms with Gasteiger partial charge in [-0.2, -0.15) is 13.2 Å². The molecule has 7 nitrogen and oxygen atoms in total. The molecule has 1 heterocycles. The molecule has 3 N–H and O–H groups in total. The number of rotatable bonds is 4. The molecule has 0 unspecified atom stereocenters. The average Bonchev–Trinajstić information content (AvgIpc) is 2.96. The number of nitrogens with one attached hydrogen (secondary N) is 1. The van der Waals surface area contributed by atoms with Crippen molar-refractivity contribution in [1.82, 2.24) is 8.96 Å². The molecule has 2 aromatic carbocycles. The molecule has 0 bridgehead atoms. The van der Waals surface area contributed by atoms with Gasteiger partial charge in [-0.25, -0.2) is 17.4 Å². The topological polar surface area (TPSA) is 107 Å². The van der Waals surface area contributed by atoms with E-state index in [4.69, 9.17) is 5.73 Å². The van der Waals surface area contributed by atoms with Gasteiger partial charge in [0.25, 0.3) is 5.91 Å². The number of nitrogens with two attached hydrogens (primary N) is 1. The highest BCUT2D eigenvalue weighted by atomic mass is 32.2. The Morgan fingerprint density at radius 2 is 1.86 bits per heavy atom. The SMILES string of the molecule is CC(C)S(=O)(=O)n1c(N)nc2ccc(NC(=O)c3cccc(C(F)(F)F)c3)cc21. The van der Waals surface area contributed by atoms with Gasteiger partial charge in [0.1, 0.15) is 0 Å². The van der Waals surface area contributed by atoms with Crippen LogP contribution in [0.4, 0.5) is 24.8 Å². The molecule has 11 heteroatoms. The van der Waals surface area contributed by atoms with E-state index in [0.717, 1.165) is 22.2 Å². The molecule has 0 aliphatic rings. The number of amides is 1. The van der Waals surface area contributed by atoms with E-state index in [2.05, 4.69) is 10.3 Å². The fraction of sp³-hybridized carbons (Fsp3) is 0.222. The predicted molar refractivity (Wildman–Crippen MR) is 103 cm³/mol. The Morgan fingerprint density at radius 1 is 1.17 bits per heavy atom. The normalized spacial score (nSPS) is 12.5. The van der Waals surface area contributed by atoms with Gasteiger partial charge in [-0.05, 0) is 50.2 Å². The molecule has 0 aliphatic carbocycles. The molecule has 0 radical (unpaired) electrons. The standard InChI is InChI=1S/C18H17F3N4O3S/c1-10(2)29(27,28)25-15-9-13(6-7-14(15)24-17(25)22)23-16(26)11-4-3-5-12(8-11)18(19,20)21/h3-10H,1-2H3,(H2,22,24)(H,23,26). The second-order valence-electron chi connectivity index (χ2n) is 6.56. The summed E-state index contributed by atoms with van der Waals surface area (Å²) in [4.78, 5) is 16.4. The molecule has 3 rings (SSSR count). The van der Waals surface area contributed by atoms with Crippen LogP contribution in [0.3, 0.4) is 0 Å². The maximum absolute atomic E-state index is 12.8. The van der Waals surface area contributed by atoms with E-state index < -0.39 is 32.9 Å². The van der Waals surface area contributed by atoms with E-state index in [9.17, 15) is 26.4 Å². The molecule has 0 saturated heterocycles. The first-order chi connectivity index (χ1) is 13.4. The third-order valence-corrected chi connectivity index (χ3v) is 6.28. The van der Waals surface area contributed by atoms with E-state index in [0.29, 0.717) is 5.52 Å². The number of imidazole rings is 1. The zero-order valence-electron chi connectivity index (χ0n) is 15.4. The minimum absolute atomic E-state index is 0.151. The summed E-state index contributed by atoms with van der Waals surface area (Å²) in [6, 6.07) is 8.23. The van der Waals surface area contributed by atoms with Crippen LogP contribution in [0.25, 0.3) is 11.0 Å². The Balaban J connectivity index is 1.99. The molecule has 154 valence electrons.